The molecule has 0 saturated heterocycles. The van der Waals surface area contributed by atoms with Gasteiger partial charge in [0, 0.05) is 26.8 Å². The molecule has 0 bridgehead atoms. The van der Waals surface area contributed by atoms with E-state index in [1.807, 2.05) is 6.92 Å². The molecule has 0 spiro atoms. The Labute approximate surface area is 84.7 Å². The Bertz CT molecular complexity index is 159. The van der Waals surface area contributed by atoms with Gasteiger partial charge >= 0.3 is 5.97 Å². The van der Waals surface area contributed by atoms with Crippen molar-refractivity contribution in [2.75, 3.05) is 27.9 Å². The summed E-state index contributed by atoms with van der Waals surface area (Å²) in [5, 5.41) is 3.10. The number of carbonyl (C=O) groups excluding carboxylic acids is 1. The predicted octanol–water partition coefficient (Wildman–Crippen LogP) is 0.147. The van der Waals surface area contributed by atoms with Crippen LogP contribution in [0.25, 0.3) is 0 Å². The molecular formula is C9H19NO4. The maximum Gasteiger partial charge on any atom is 0.307 e. The average molecular weight is 205 g/mol. The van der Waals surface area contributed by atoms with Gasteiger partial charge in [-0.25, -0.2) is 0 Å². The van der Waals surface area contributed by atoms with Crippen LogP contribution in [0.4, 0.5) is 0 Å². The molecular weight excluding hydrogens is 186 g/mol. The van der Waals surface area contributed by atoms with E-state index in [1.54, 1.807) is 14.2 Å². The van der Waals surface area contributed by atoms with E-state index in [0.717, 1.165) is 0 Å². The van der Waals surface area contributed by atoms with Crippen LogP contribution in [-0.4, -0.2) is 46.2 Å². The molecule has 0 aromatic carbocycles. The number of carbonyl (C=O) groups is 1. The van der Waals surface area contributed by atoms with Crippen molar-refractivity contribution >= 4 is 5.97 Å². The maximum atomic E-state index is 10.9. The van der Waals surface area contributed by atoms with Gasteiger partial charge in [0.25, 0.3) is 0 Å². The van der Waals surface area contributed by atoms with Gasteiger partial charge in [0.1, 0.15) is 0 Å². The lowest BCUT2D eigenvalue weighted by atomic mass is 10.2. The zero-order valence-corrected chi connectivity index (χ0v) is 9.20. The Morgan fingerprint density at radius 1 is 1.29 bits per heavy atom. The van der Waals surface area contributed by atoms with Crippen molar-refractivity contribution in [3.8, 4) is 0 Å². The zero-order valence-electron chi connectivity index (χ0n) is 9.20. The second kappa shape index (κ2) is 7.73. The fraction of sp³-hybridized carbons (Fsp3) is 0.889. The Balaban J connectivity index is 3.61. The molecule has 0 radical (unpaired) electrons. The van der Waals surface area contributed by atoms with Crippen LogP contribution in [0.1, 0.15) is 13.3 Å². The third-order valence-electron chi connectivity index (χ3n) is 1.86. The number of hydrogen-bond acceptors (Lipinski definition) is 5. The summed E-state index contributed by atoms with van der Waals surface area (Å²) in [5.74, 6) is -0.226. The molecule has 5 nitrogen and oxygen atoms in total. The average Bonchev–Trinajstić information content (AvgIpc) is 2.19. The molecule has 0 aliphatic heterocycles. The lowest BCUT2D eigenvalue weighted by Gasteiger charge is -2.17. The summed E-state index contributed by atoms with van der Waals surface area (Å²) < 4.78 is 14.5. The smallest absolute Gasteiger partial charge is 0.307 e. The third kappa shape index (κ3) is 5.90. The summed E-state index contributed by atoms with van der Waals surface area (Å²) in [7, 11) is 4.52. The molecule has 84 valence electrons. The summed E-state index contributed by atoms with van der Waals surface area (Å²) in [6.45, 7) is 2.45. The third-order valence-corrected chi connectivity index (χ3v) is 1.86. The molecule has 0 saturated carbocycles. The lowest BCUT2D eigenvalue weighted by molar-refractivity contribution is -0.141. The van der Waals surface area contributed by atoms with Gasteiger partial charge in [0.15, 0.2) is 6.29 Å². The van der Waals surface area contributed by atoms with Crippen LogP contribution < -0.4 is 5.32 Å². The van der Waals surface area contributed by atoms with Crippen LogP contribution in [0.2, 0.25) is 0 Å². The van der Waals surface area contributed by atoms with E-state index in [9.17, 15) is 4.79 Å². The van der Waals surface area contributed by atoms with E-state index in [1.165, 1.54) is 7.11 Å². The van der Waals surface area contributed by atoms with Crippen LogP contribution in [0, 0.1) is 0 Å². The Morgan fingerprint density at radius 3 is 2.29 bits per heavy atom. The van der Waals surface area contributed by atoms with E-state index in [2.05, 4.69) is 10.1 Å². The molecule has 0 aliphatic rings. The molecule has 0 aromatic rings. The standard InChI is InChI=1S/C9H19NO4/c1-7(5-8(11)12-2)10-6-9(13-3)14-4/h7,9-10H,5-6H2,1-4H3/t7-/m1/s1. The van der Waals surface area contributed by atoms with Crippen molar-refractivity contribution < 1.29 is 19.0 Å². The second-order valence-electron chi connectivity index (χ2n) is 2.99. The molecule has 0 fully saturated rings. The SMILES string of the molecule is COC(=O)C[C@@H](C)NCC(OC)OC. The molecule has 0 unspecified atom stereocenters. The highest BCUT2D eigenvalue weighted by Gasteiger charge is 2.11. The summed E-state index contributed by atoms with van der Waals surface area (Å²) in [6, 6.07) is 0.0512. The summed E-state index contributed by atoms with van der Waals surface area (Å²) in [5.41, 5.74) is 0. The zero-order chi connectivity index (χ0) is 11.0. The lowest BCUT2D eigenvalue weighted by Crippen LogP contribution is -2.36. The van der Waals surface area contributed by atoms with Crippen LogP contribution in [0.3, 0.4) is 0 Å². The van der Waals surface area contributed by atoms with E-state index in [-0.39, 0.29) is 18.3 Å². The minimum absolute atomic E-state index is 0.0512. The maximum absolute atomic E-state index is 10.9. The number of rotatable bonds is 7. The van der Waals surface area contributed by atoms with Gasteiger partial charge in [-0.2, -0.15) is 0 Å². The Morgan fingerprint density at radius 2 is 1.86 bits per heavy atom. The number of ether oxygens (including phenoxy) is 3. The molecule has 1 N–H and O–H groups in total. The van der Waals surface area contributed by atoms with Crippen molar-refractivity contribution in [3.63, 3.8) is 0 Å². The topological polar surface area (TPSA) is 56.8 Å². The first-order valence-electron chi connectivity index (χ1n) is 4.49. The first-order chi connectivity index (χ1) is 6.63. The molecule has 0 heterocycles. The fourth-order valence-electron chi connectivity index (χ4n) is 0.966. The van der Waals surface area contributed by atoms with E-state index in [4.69, 9.17) is 9.47 Å². The summed E-state index contributed by atoms with van der Waals surface area (Å²) in [4.78, 5) is 10.9. The van der Waals surface area contributed by atoms with Gasteiger partial charge in [-0.1, -0.05) is 0 Å². The fourth-order valence-corrected chi connectivity index (χ4v) is 0.966. The van der Waals surface area contributed by atoms with Crippen molar-refractivity contribution in [1.29, 1.82) is 0 Å². The Kier molecular flexibility index (Phi) is 7.37. The molecule has 0 aromatic heterocycles. The summed E-state index contributed by atoms with van der Waals surface area (Å²) >= 11 is 0. The van der Waals surface area contributed by atoms with Crippen molar-refractivity contribution in [3.05, 3.63) is 0 Å². The van der Waals surface area contributed by atoms with Gasteiger partial charge in [-0.3, -0.25) is 4.79 Å². The highest BCUT2D eigenvalue weighted by molar-refractivity contribution is 5.69. The van der Waals surface area contributed by atoms with Gasteiger partial charge in [-0.15, -0.1) is 0 Å². The largest absolute Gasteiger partial charge is 0.469 e. The molecule has 0 amide bonds. The molecule has 14 heavy (non-hydrogen) atoms. The predicted molar refractivity (Wildman–Crippen MR) is 51.9 cm³/mol. The quantitative estimate of drug-likeness (QED) is 0.473. The van der Waals surface area contributed by atoms with Gasteiger partial charge in [0.05, 0.1) is 13.5 Å². The van der Waals surface area contributed by atoms with Crippen LogP contribution in [0.15, 0.2) is 0 Å². The van der Waals surface area contributed by atoms with E-state index in [0.29, 0.717) is 13.0 Å². The number of hydrogen-bond donors (Lipinski definition) is 1. The van der Waals surface area contributed by atoms with Crippen molar-refractivity contribution in [1.82, 2.24) is 5.32 Å². The number of methoxy groups -OCH3 is 3. The van der Waals surface area contributed by atoms with Gasteiger partial charge in [-0.05, 0) is 6.92 Å². The van der Waals surface area contributed by atoms with E-state index >= 15 is 0 Å². The second-order valence-corrected chi connectivity index (χ2v) is 2.99. The molecule has 0 aliphatic carbocycles. The Hall–Kier alpha value is -0.650. The number of esters is 1. The molecule has 5 heteroatoms. The first kappa shape index (κ1) is 13.4. The van der Waals surface area contributed by atoms with Crippen molar-refractivity contribution in [2.24, 2.45) is 0 Å². The normalized spacial score (nSPS) is 12.9. The van der Waals surface area contributed by atoms with Gasteiger partial charge < -0.3 is 19.5 Å². The van der Waals surface area contributed by atoms with Crippen LogP contribution in [0.5, 0.6) is 0 Å². The minimum atomic E-state index is -0.282. The monoisotopic (exact) mass is 205 g/mol. The van der Waals surface area contributed by atoms with Crippen molar-refractivity contribution in [2.45, 2.75) is 25.7 Å². The minimum Gasteiger partial charge on any atom is -0.469 e. The van der Waals surface area contributed by atoms with Crippen LogP contribution >= 0.6 is 0 Å². The summed E-state index contributed by atoms with van der Waals surface area (Å²) in [6.07, 6.45) is 0.0616. The molecule has 0 rings (SSSR count). The number of nitrogens with one attached hydrogen (secondary N) is 1. The van der Waals surface area contributed by atoms with Crippen LogP contribution in [-0.2, 0) is 19.0 Å². The highest BCUT2D eigenvalue weighted by Crippen LogP contribution is 1.95. The van der Waals surface area contributed by atoms with E-state index < -0.39 is 0 Å². The molecule has 1 atom stereocenters. The highest BCUT2D eigenvalue weighted by atomic mass is 16.7. The first-order valence-corrected chi connectivity index (χ1v) is 4.49. The van der Waals surface area contributed by atoms with Gasteiger partial charge in [0.2, 0.25) is 0 Å².